The molecule has 0 saturated carbocycles. The number of hydrogen-bond donors (Lipinski definition) is 2. The average molecular weight is 429 g/mol. The summed E-state index contributed by atoms with van der Waals surface area (Å²) in [4.78, 5) is 13.1. The number of rotatable bonds is 6. The summed E-state index contributed by atoms with van der Waals surface area (Å²) in [7, 11) is -3.21. The molecule has 0 radical (unpaired) electrons. The summed E-state index contributed by atoms with van der Waals surface area (Å²) in [6.07, 6.45) is 0. The number of nitrogens with one attached hydrogen (secondary N) is 2. The third kappa shape index (κ3) is 4.60. The molecule has 1 aliphatic heterocycles. The van der Waals surface area contributed by atoms with Crippen LogP contribution in [-0.4, -0.2) is 26.6 Å². The van der Waals surface area contributed by atoms with E-state index in [0.29, 0.717) is 29.0 Å². The minimum Gasteiger partial charge on any atom is -0.348 e. The van der Waals surface area contributed by atoms with Crippen molar-refractivity contribution in [3.63, 3.8) is 0 Å². The van der Waals surface area contributed by atoms with Crippen molar-refractivity contribution in [3.05, 3.63) is 64.7 Å². The molecule has 2 aromatic carbocycles. The van der Waals surface area contributed by atoms with Gasteiger partial charge < -0.3 is 10.6 Å². The van der Waals surface area contributed by atoms with E-state index in [0.717, 1.165) is 12.1 Å². The van der Waals surface area contributed by atoms with Crippen LogP contribution in [0.15, 0.2) is 47.4 Å². The van der Waals surface area contributed by atoms with Gasteiger partial charge in [0.2, 0.25) is 0 Å². The van der Waals surface area contributed by atoms with Crippen molar-refractivity contribution in [1.82, 2.24) is 10.6 Å². The Labute approximate surface area is 180 Å². The molecule has 0 saturated heterocycles. The van der Waals surface area contributed by atoms with Crippen LogP contribution in [0.4, 0.5) is 0 Å². The first-order valence-electron chi connectivity index (χ1n) is 10.5. The van der Waals surface area contributed by atoms with Crippen LogP contribution in [0.3, 0.4) is 0 Å². The van der Waals surface area contributed by atoms with E-state index in [1.54, 1.807) is 31.2 Å². The molecule has 1 atom stereocenters. The molecule has 1 heterocycles. The Morgan fingerprint density at radius 3 is 2.43 bits per heavy atom. The Kier molecular flexibility index (Phi) is 6.39. The van der Waals surface area contributed by atoms with Crippen LogP contribution in [0.1, 0.15) is 67.7 Å². The summed E-state index contributed by atoms with van der Waals surface area (Å²) >= 11 is 0. The molecular weight excluding hydrogens is 396 g/mol. The predicted molar refractivity (Wildman–Crippen MR) is 120 cm³/mol. The highest BCUT2D eigenvalue weighted by atomic mass is 32.2. The van der Waals surface area contributed by atoms with Crippen molar-refractivity contribution in [1.29, 1.82) is 0 Å². The second-order valence-electron chi connectivity index (χ2n) is 9.02. The Morgan fingerprint density at radius 1 is 1.17 bits per heavy atom. The molecule has 2 aromatic rings. The molecule has 5 nitrogen and oxygen atoms in total. The van der Waals surface area contributed by atoms with Gasteiger partial charge in [0.25, 0.3) is 5.91 Å². The molecule has 162 valence electrons. The number of amides is 1. The zero-order chi connectivity index (χ0) is 22.1. The maximum absolute atomic E-state index is 12.8. The van der Waals surface area contributed by atoms with Crippen molar-refractivity contribution >= 4 is 15.7 Å². The average Bonchev–Trinajstić information content (AvgIpc) is 2.72. The van der Waals surface area contributed by atoms with Crippen LogP contribution in [0.25, 0.3) is 0 Å². The van der Waals surface area contributed by atoms with Crippen molar-refractivity contribution in [2.45, 2.75) is 57.5 Å². The second-order valence-corrected chi connectivity index (χ2v) is 11.3. The van der Waals surface area contributed by atoms with E-state index in [1.807, 2.05) is 12.1 Å². The van der Waals surface area contributed by atoms with E-state index < -0.39 is 9.84 Å². The van der Waals surface area contributed by atoms with Crippen LogP contribution in [-0.2, 0) is 21.8 Å². The maximum Gasteiger partial charge on any atom is 0.251 e. The summed E-state index contributed by atoms with van der Waals surface area (Å²) < 4.78 is 23.8. The topological polar surface area (TPSA) is 75.3 Å². The molecule has 2 N–H and O–H groups in total. The van der Waals surface area contributed by atoms with E-state index >= 15 is 0 Å². The molecule has 0 aliphatic carbocycles. The number of fused-ring (bicyclic) bond motifs is 1. The standard InChI is InChI=1S/C24H32N2O3S/c1-6-30(28,29)19-10-7-17(8-11-19)14-25-23(27)18-9-12-20-21(13-18)24(4,5)15-26-22(20)16(2)3/h7-13,16,22,26H,6,14-15H2,1-5H3,(H,25,27). The fraction of sp³-hybridized carbons (Fsp3) is 0.458. The van der Waals surface area contributed by atoms with Crippen LogP contribution in [0, 0.1) is 5.92 Å². The molecule has 1 amide bonds. The Bertz CT molecular complexity index is 1020. The molecule has 6 heteroatoms. The van der Waals surface area contributed by atoms with Crippen molar-refractivity contribution in [2.24, 2.45) is 5.92 Å². The number of benzene rings is 2. The highest BCUT2D eigenvalue weighted by Gasteiger charge is 2.34. The normalized spacial score (nSPS) is 18.1. The van der Waals surface area contributed by atoms with Gasteiger partial charge in [0, 0.05) is 30.1 Å². The summed E-state index contributed by atoms with van der Waals surface area (Å²) in [6.45, 7) is 11.7. The van der Waals surface area contributed by atoms with Gasteiger partial charge in [0.1, 0.15) is 0 Å². The predicted octanol–water partition coefficient (Wildman–Crippen LogP) is 3.99. The quantitative estimate of drug-likeness (QED) is 0.730. The van der Waals surface area contributed by atoms with Crippen LogP contribution in [0.5, 0.6) is 0 Å². The van der Waals surface area contributed by atoms with E-state index in [4.69, 9.17) is 0 Å². The van der Waals surface area contributed by atoms with Crippen molar-refractivity contribution < 1.29 is 13.2 Å². The lowest BCUT2D eigenvalue weighted by molar-refractivity contribution is 0.0950. The van der Waals surface area contributed by atoms with Crippen LogP contribution >= 0.6 is 0 Å². The van der Waals surface area contributed by atoms with Gasteiger partial charge in [0.15, 0.2) is 9.84 Å². The second kappa shape index (κ2) is 8.52. The van der Waals surface area contributed by atoms with Gasteiger partial charge in [-0.15, -0.1) is 0 Å². The monoisotopic (exact) mass is 428 g/mol. The lowest BCUT2D eigenvalue weighted by Gasteiger charge is -2.40. The first-order chi connectivity index (χ1) is 14.0. The van der Waals surface area contributed by atoms with Gasteiger partial charge in [-0.05, 0) is 46.9 Å². The zero-order valence-corrected chi connectivity index (χ0v) is 19.3. The lowest BCUT2D eigenvalue weighted by atomic mass is 9.74. The Hall–Kier alpha value is -2.18. The van der Waals surface area contributed by atoms with E-state index in [2.05, 4.69) is 44.4 Å². The van der Waals surface area contributed by atoms with Gasteiger partial charge >= 0.3 is 0 Å². The minimum absolute atomic E-state index is 0.0440. The number of hydrogen-bond acceptors (Lipinski definition) is 4. The molecule has 0 aromatic heterocycles. The van der Waals surface area contributed by atoms with Crippen LogP contribution < -0.4 is 10.6 Å². The largest absolute Gasteiger partial charge is 0.348 e. The van der Waals surface area contributed by atoms with Gasteiger partial charge in [-0.2, -0.15) is 0 Å². The fourth-order valence-electron chi connectivity index (χ4n) is 3.99. The molecule has 3 rings (SSSR count). The molecule has 1 unspecified atom stereocenters. The van der Waals surface area contributed by atoms with Gasteiger partial charge in [0.05, 0.1) is 10.6 Å². The molecule has 30 heavy (non-hydrogen) atoms. The third-order valence-electron chi connectivity index (χ3n) is 5.93. The lowest BCUT2D eigenvalue weighted by Crippen LogP contribution is -2.43. The van der Waals surface area contributed by atoms with Crippen LogP contribution in [0.2, 0.25) is 0 Å². The maximum atomic E-state index is 12.8. The molecule has 1 aliphatic rings. The summed E-state index contributed by atoms with van der Waals surface area (Å²) in [5.74, 6) is 0.419. The number of carbonyl (C=O) groups is 1. The molecule has 0 fully saturated rings. The van der Waals surface area contributed by atoms with E-state index in [1.165, 1.54) is 11.1 Å². The smallest absolute Gasteiger partial charge is 0.251 e. The van der Waals surface area contributed by atoms with Gasteiger partial charge in [-0.25, -0.2) is 8.42 Å². The van der Waals surface area contributed by atoms with E-state index in [-0.39, 0.29) is 17.1 Å². The zero-order valence-electron chi connectivity index (χ0n) is 18.5. The SMILES string of the molecule is CCS(=O)(=O)c1ccc(CNC(=O)c2ccc3c(c2)C(C)(C)CNC3C(C)C)cc1. The fourth-order valence-corrected chi connectivity index (χ4v) is 4.87. The first kappa shape index (κ1) is 22.5. The minimum atomic E-state index is -3.21. The Morgan fingerprint density at radius 2 is 1.83 bits per heavy atom. The third-order valence-corrected chi connectivity index (χ3v) is 7.68. The summed E-state index contributed by atoms with van der Waals surface area (Å²) in [5.41, 5.74) is 3.96. The van der Waals surface area contributed by atoms with Gasteiger partial charge in [-0.1, -0.05) is 52.8 Å². The van der Waals surface area contributed by atoms with Gasteiger partial charge in [-0.3, -0.25) is 4.79 Å². The molecular formula is C24H32N2O3S. The summed E-state index contributed by atoms with van der Waals surface area (Å²) in [6, 6.07) is 13.0. The first-order valence-corrected chi connectivity index (χ1v) is 12.2. The van der Waals surface area contributed by atoms with E-state index in [9.17, 15) is 13.2 Å². The molecule has 0 bridgehead atoms. The number of carbonyl (C=O) groups excluding carboxylic acids is 1. The summed E-state index contributed by atoms with van der Waals surface area (Å²) in [5, 5.41) is 6.59. The highest BCUT2D eigenvalue weighted by molar-refractivity contribution is 7.91. The highest BCUT2D eigenvalue weighted by Crippen LogP contribution is 2.37. The molecule has 0 spiro atoms. The van der Waals surface area contributed by atoms with Crippen molar-refractivity contribution in [3.8, 4) is 0 Å². The Balaban J connectivity index is 1.75. The van der Waals surface area contributed by atoms with Crippen molar-refractivity contribution in [2.75, 3.05) is 12.3 Å². The number of sulfone groups is 1.